The van der Waals surface area contributed by atoms with E-state index in [1.165, 1.54) is 12.7 Å². The van der Waals surface area contributed by atoms with Crippen molar-refractivity contribution >= 4 is 17.5 Å². The molecule has 1 fully saturated rings. The molecule has 132 valence electrons. The van der Waals surface area contributed by atoms with Gasteiger partial charge < -0.3 is 10.1 Å². The molecule has 1 saturated heterocycles. The molecule has 0 unspecified atom stereocenters. The lowest BCUT2D eigenvalue weighted by Gasteiger charge is -2.32. The molecule has 2 aromatic rings. The number of aromatic nitrogens is 1. The summed E-state index contributed by atoms with van der Waals surface area (Å²) >= 11 is 0. The number of nitrogens with zero attached hydrogens (tertiary/aromatic N) is 2. The smallest absolute Gasteiger partial charge is 0.411 e. The number of carbonyl (C=O) groups is 1. The summed E-state index contributed by atoms with van der Waals surface area (Å²) in [6.45, 7) is 3.16. The van der Waals surface area contributed by atoms with Crippen LogP contribution in [0.15, 0.2) is 48.8 Å². The van der Waals surface area contributed by atoms with E-state index in [0.29, 0.717) is 6.04 Å². The minimum Gasteiger partial charge on any atom is -0.453 e. The molecule has 0 atom stereocenters. The van der Waals surface area contributed by atoms with Crippen molar-refractivity contribution in [3.63, 3.8) is 0 Å². The Kier molecular flexibility index (Phi) is 5.85. The molecule has 1 aromatic carbocycles. The van der Waals surface area contributed by atoms with E-state index in [1.54, 1.807) is 0 Å². The maximum atomic E-state index is 11.2. The van der Waals surface area contributed by atoms with Crippen molar-refractivity contribution in [2.75, 3.05) is 30.8 Å². The van der Waals surface area contributed by atoms with Crippen LogP contribution in [0.4, 0.5) is 16.2 Å². The topological polar surface area (TPSA) is 66.5 Å². The Labute approximate surface area is 148 Å². The lowest BCUT2D eigenvalue weighted by molar-refractivity contribution is 0.187. The summed E-state index contributed by atoms with van der Waals surface area (Å²) in [7, 11) is 1.35. The third-order valence-electron chi connectivity index (χ3n) is 4.43. The molecule has 2 heterocycles. The van der Waals surface area contributed by atoms with E-state index in [9.17, 15) is 4.79 Å². The maximum Gasteiger partial charge on any atom is 0.411 e. The Morgan fingerprint density at radius 3 is 2.40 bits per heavy atom. The van der Waals surface area contributed by atoms with E-state index >= 15 is 0 Å². The van der Waals surface area contributed by atoms with E-state index in [2.05, 4.69) is 37.4 Å². The summed E-state index contributed by atoms with van der Waals surface area (Å²) in [6.07, 6.45) is 5.48. The number of methoxy groups -OCH3 is 1. The van der Waals surface area contributed by atoms with Crippen molar-refractivity contribution in [1.29, 1.82) is 0 Å². The second-order valence-electron chi connectivity index (χ2n) is 6.24. The molecule has 2 N–H and O–H groups in total. The predicted molar refractivity (Wildman–Crippen MR) is 98.6 cm³/mol. The van der Waals surface area contributed by atoms with Crippen LogP contribution in [0, 0.1) is 0 Å². The first-order chi connectivity index (χ1) is 12.2. The summed E-state index contributed by atoms with van der Waals surface area (Å²) in [6, 6.07) is 12.3. The molecule has 25 heavy (non-hydrogen) atoms. The third-order valence-corrected chi connectivity index (χ3v) is 4.43. The van der Waals surface area contributed by atoms with Crippen LogP contribution in [-0.2, 0) is 11.3 Å². The van der Waals surface area contributed by atoms with Crippen molar-refractivity contribution in [3.8, 4) is 0 Å². The normalized spacial score (nSPS) is 15.6. The Balaban J connectivity index is 1.45. The Hall–Kier alpha value is -2.60. The van der Waals surface area contributed by atoms with Crippen LogP contribution in [0.1, 0.15) is 18.4 Å². The second kappa shape index (κ2) is 8.48. The summed E-state index contributed by atoms with van der Waals surface area (Å²) < 4.78 is 4.58. The molecule has 0 aliphatic carbocycles. The van der Waals surface area contributed by atoms with Crippen LogP contribution in [0.25, 0.3) is 0 Å². The van der Waals surface area contributed by atoms with Gasteiger partial charge in [-0.2, -0.15) is 0 Å². The zero-order chi connectivity index (χ0) is 17.5. The minimum absolute atomic E-state index is 0.456. The van der Waals surface area contributed by atoms with E-state index < -0.39 is 6.09 Å². The first-order valence-corrected chi connectivity index (χ1v) is 8.56. The highest BCUT2D eigenvalue weighted by Crippen LogP contribution is 2.20. The number of benzene rings is 1. The van der Waals surface area contributed by atoms with Gasteiger partial charge in [0.15, 0.2) is 0 Å². The first-order valence-electron chi connectivity index (χ1n) is 8.56. The van der Waals surface area contributed by atoms with Crippen molar-refractivity contribution in [1.82, 2.24) is 9.88 Å². The van der Waals surface area contributed by atoms with Gasteiger partial charge in [0.05, 0.1) is 7.11 Å². The highest BCUT2D eigenvalue weighted by Gasteiger charge is 2.19. The summed E-state index contributed by atoms with van der Waals surface area (Å²) in [5, 5.41) is 6.23. The minimum atomic E-state index is -0.456. The number of hydrogen-bond acceptors (Lipinski definition) is 5. The molecule has 0 bridgehead atoms. The number of anilines is 2. The molecule has 0 radical (unpaired) electrons. The van der Waals surface area contributed by atoms with Gasteiger partial charge in [-0.15, -0.1) is 0 Å². The standard InChI is InChI=1S/C19H24N4O2/c1-25-19(24)22-17-4-2-16(3-5-17)21-18-8-12-23(13-9-18)14-15-6-10-20-11-7-15/h2-7,10-11,18,21H,8-9,12-14H2,1H3,(H,22,24). The molecule has 1 aliphatic heterocycles. The Morgan fingerprint density at radius 2 is 1.76 bits per heavy atom. The number of nitrogens with one attached hydrogen (secondary N) is 2. The predicted octanol–water partition coefficient (Wildman–Crippen LogP) is 3.34. The van der Waals surface area contributed by atoms with Gasteiger partial charge in [-0.05, 0) is 54.8 Å². The second-order valence-corrected chi connectivity index (χ2v) is 6.24. The zero-order valence-electron chi connectivity index (χ0n) is 14.4. The van der Waals surface area contributed by atoms with Gasteiger partial charge in [-0.1, -0.05) is 0 Å². The van der Waals surface area contributed by atoms with Gasteiger partial charge in [-0.25, -0.2) is 4.79 Å². The number of pyridine rings is 1. The number of amides is 1. The van der Waals surface area contributed by atoms with Gasteiger partial charge >= 0.3 is 6.09 Å². The number of hydrogen-bond donors (Lipinski definition) is 2. The first kappa shape index (κ1) is 17.2. The fourth-order valence-corrected chi connectivity index (χ4v) is 3.04. The number of carbonyl (C=O) groups excluding carboxylic acids is 1. The SMILES string of the molecule is COC(=O)Nc1ccc(NC2CCN(Cc3ccncc3)CC2)cc1. The van der Waals surface area contributed by atoms with E-state index in [1.807, 2.05) is 36.7 Å². The molecule has 6 nitrogen and oxygen atoms in total. The van der Waals surface area contributed by atoms with Gasteiger partial charge in [0.2, 0.25) is 0 Å². The lowest BCUT2D eigenvalue weighted by Crippen LogP contribution is -2.38. The van der Waals surface area contributed by atoms with E-state index in [-0.39, 0.29) is 0 Å². The molecule has 0 saturated carbocycles. The zero-order valence-corrected chi connectivity index (χ0v) is 14.4. The van der Waals surface area contributed by atoms with Crippen molar-refractivity contribution in [2.24, 2.45) is 0 Å². The van der Waals surface area contributed by atoms with Crippen LogP contribution < -0.4 is 10.6 Å². The fourth-order valence-electron chi connectivity index (χ4n) is 3.04. The largest absolute Gasteiger partial charge is 0.453 e. The highest BCUT2D eigenvalue weighted by molar-refractivity contribution is 5.84. The van der Waals surface area contributed by atoms with Crippen LogP contribution in [0.2, 0.25) is 0 Å². The van der Waals surface area contributed by atoms with Gasteiger partial charge in [0.25, 0.3) is 0 Å². The molecule has 1 amide bonds. The van der Waals surface area contributed by atoms with Gasteiger partial charge in [-0.3, -0.25) is 15.2 Å². The van der Waals surface area contributed by atoms with E-state index in [0.717, 1.165) is 43.9 Å². The van der Waals surface area contributed by atoms with Crippen molar-refractivity contribution in [2.45, 2.75) is 25.4 Å². The summed E-state index contributed by atoms with van der Waals surface area (Å²) in [5.41, 5.74) is 3.11. The van der Waals surface area contributed by atoms with Crippen LogP contribution in [-0.4, -0.2) is 42.2 Å². The van der Waals surface area contributed by atoms with Crippen LogP contribution in [0.5, 0.6) is 0 Å². The Morgan fingerprint density at radius 1 is 1.12 bits per heavy atom. The number of rotatable bonds is 5. The molecular formula is C19H24N4O2. The maximum absolute atomic E-state index is 11.2. The average molecular weight is 340 g/mol. The van der Waals surface area contributed by atoms with Gasteiger partial charge in [0, 0.05) is 49.4 Å². The summed E-state index contributed by atoms with van der Waals surface area (Å²) in [5.74, 6) is 0. The Bertz CT molecular complexity index is 668. The molecular weight excluding hydrogens is 316 g/mol. The third kappa shape index (κ3) is 5.19. The quantitative estimate of drug-likeness (QED) is 0.874. The van der Waals surface area contributed by atoms with E-state index in [4.69, 9.17) is 0 Å². The van der Waals surface area contributed by atoms with Crippen molar-refractivity contribution in [3.05, 3.63) is 54.4 Å². The molecule has 1 aliphatic rings. The van der Waals surface area contributed by atoms with Crippen LogP contribution >= 0.6 is 0 Å². The lowest BCUT2D eigenvalue weighted by atomic mass is 10.0. The van der Waals surface area contributed by atoms with Crippen LogP contribution in [0.3, 0.4) is 0 Å². The fraction of sp³-hybridized carbons (Fsp3) is 0.368. The van der Waals surface area contributed by atoms with Gasteiger partial charge in [0.1, 0.15) is 0 Å². The molecule has 0 spiro atoms. The number of ether oxygens (including phenoxy) is 1. The molecule has 6 heteroatoms. The van der Waals surface area contributed by atoms with Crippen molar-refractivity contribution < 1.29 is 9.53 Å². The summed E-state index contributed by atoms with van der Waals surface area (Å²) in [4.78, 5) is 17.7. The molecule has 3 rings (SSSR count). The average Bonchev–Trinajstić information content (AvgIpc) is 2.66. The molecule has 1 aromatic heterocycles. The highest BCUT2D eigenvalue weighted by atomic mass is 16.5. The monoisotopic (exact) mass is 340 g/mol. The number of likely N-dealkylation sites (tertiary alicyclic amines) is 1. The number of piperidine rings is 1.